The van der Waals surface area contributed by atoms with E-state index in [4.69, 9.17) is 0 Å². The number of carbonyl (C=O) groups excluding carboxylic acids is 2. The first kappa shape index (κ1) is 13.9. The molecule has 0 aliphatic carbocycles. The molecule has 0 radical (unpaired) electrons. The molecule has 2 rings (SSSR count). The first-order valence-corrected chi connectivity index (χ1v) is 6.23. The molecule has 1 aromatic rings. The summed E-state index contributed by atoms with van der Waals surface area (Å²) in [5.74, 6) is -0.713. The number of rotatable bonds is 5. The molecule has 1 aliphatic rings. The SMILES string of the molecule is CC1=NNC(=O)[C@@H]1CCC(=O)N/N=C\c1cccnc1. The lowest BCUT2D eigenvalue weighted by atomic mass is 9.99. The predicted octanol–water partition coefficient (Wildman–Crippen LogP) is 0.434. The summed E-state index contributed by atoms with van der Waals surface area (Å²) in [5.41, 5.74) is 6.31. The Kier molecular flexibility index (Phi) is 4.54. The van der Waals surface area contributed by atoms with Crippen molar-refractivity contribution in [2.24, 2.45) is 16.1 Å². The first-order chi connectivity index (χ1) is 9.66. The standard InChI is InChI=1S/C13H15N5O2/c1-9-11(13(20)18-16-9)4-5-12(19)17-15-8-10-3-2-6-14-7-10/h2-3,6-8,11H,4-5H2,1H3,(H,17,19)(H,18,20)/b15-8-/t11-/m1/s1. The fraction of sp³-hybridized carbons (Fsp3) is 0.308. The van der Waals surface area contributed by atoms with Crippen molar-refractivity contribution in [3.05, 3.63) is 30.1 Å². The molecular formula is C13H15N5O2. The molecule has 7 nitrogen and oxygen atoms in total. The third-order valence-corrected chi connectivity index (χ3v) is 2.91. The number of nitrogens with one attached hydrogen (secondary N) is 2. The van der Waals surface area contributed by atoms with Crippen molar-refractivity contribution in [3.8, 4) is 0 Å². The van der Waals surface area contributed by atoms with E-state index in [1.54, 1.807) is 25.4 Å². The predicted molar refractivity (Wildman–Crippen MR) is 73.9 cm³/mol. The number of aromatic nitrogens is 1. The summed E-state index contributed by atoms with van der Waals surface area (Å²) in [5, 5.41) is 7.66. The van der Waals surface area contributed by atoms with Gasteiger partial charge in [-0.15, -0.1) is 0 Å². The Morgan fingerprint density at radius 3 is 3.10 bits per heavy atom. The highest BCUT2D eigenvalue weighted by Gasteiger charge is 2.26. The zero-order chi connectivity index (χ0) is 14.4. The van der Waals surface area contributed by atoms with Crippen LogP contribution < -0.4 is 10.9 Å². The van der Waals surface area contributed by atoms with Gasteiger partial charge in [-0.2, -0.15) is 10.2 Å². The highest BCUT2D eigenvalue weighted by molar-refractivity contribution is 6.07. The topological polar surface area (TPSA) is 95.8 Å². The number of nitrogens with zero attached hydrogens (tertiary/aromatic N) is 3. The molecule has 0 unspecified atom stereocenters. The fourth-order valence-electron chi connectivity index (χ4n) is 1.79. The summed E-state index contributed by atoms with van der Waals surface area (Å²) in [6, 6.07) is 3.61. The maximum absolute atomic E-state index is 11.6. The van der Waals surface area contributed by atoms with Crippen molar-refractivity contribution in [1.29, 1.82) is 0 Å². The molecule has 0 spiro atoms. The molecule has 7 heteroatoms. The summed E-state index contributed by atoms with van der Waals surface area (Å²) < 4.78 is 0. The number of carbonyl (C=O) groups is 2. The lowest BCUT2D eigenvalue weighted by molar-refractivity contribution is -0.123. The van der Waals surface area contributed by atoms with Crippen molar-refractivity contribution in [2.75, 3.05) is 0 Å². The van der Waals surface area contributed by atoms with E-state index in [0.29, 0.717) is 12.1 Å². The van der Waals surface area contributed by atoms with Gasteiger partial charge in [0.2, 0.25) is 11.8 Å². The molecule has 0 saturated heterocycles. The van der Waals surface area contributed by atoms with Crippen LogP contribution in [0.1, 0.15) is 25.3 Å². The average molecular weight is 273 g/mol. The normalized spacial score (nSPS) is 17.9. The minimum Gasteiger partial charge on any atom is -0.273 e. The van der Waals surface area contributed by atoms with Crippen LogP contribution in [-0.4, -0.2) is 28.7 Å². The van der Waals surface area contributed by atoms with E-state index in [0.717, 1.165) is 5.56 Å². The Morgan fingerprint density at radius 1 is 1.60 bits per heavy atom. The Labute approximate surface area is 116 Å². The van der Waals surface area contributed by atoms with Gasteiger partial charge in [-0.1, -0.05) is 6.07 Å². The highest BCUT2D eigenvalue weighted by Crippen LogP contribution is 2.13. The summed E-state index contributed by atoms with van der Waals surface area (Å²) in [7, 11) is 0. The zero-order valence-electron chi connectivity index (χ0n) is 11.0. The van der Waals surface area contributed by atoms with Crippen molar-refractivity contribution in [1.82, 2.24) is 15.8 Å². The van der Waals surface area contributed by atoms with E-state index < -0.39 is 0 Å². The molecule has 0 saturated carbocycles. The van der Waals surface area contributed by atoms with Gasteiger partial charge in [-0.3, -0.25) is 14.6 Å². The van der Waals surface area contributed by atoms with Crippen molar-refractivity contribution >= 4 is 23.7 Å². The highest BCUT2D eigenvalue weighted by atomic mass is 16.2. The monoisotopic (exact) mass is 273 g/mol. The smallest absolute Gasteiger partial charge is 0.248 e. The molecule has 2 N–H and O–H groups in total. The molecule has 1 atom stereocenters. The molecule has 1 aromatic heterocycles. The molecule has 20 heavy (non-hydrogen) atoms. The van der Waals surface area contributed by atoms with Gasteiger partial charge in [-0.05, 0) is 19.4 Å². The van der Waals surface area contributed by atoms with Crippen LogP contribution in [-0.2, 0) is 9.59 Å². The fourth-order valence-corrected chi connectivity index (χ4v) is 1.79. The van der Waals surface area contributed by atoms with Gasteiger partial charge in [0.15, 0.2) is 0 Å². The van der Waals surface area contributed by atoms with Gasteiger partial charge in [0.05, 0.1) is 12.1 Å². The van der Waals surface area contributed by atoms with E-state index in [1.165, 1.54) is 6.21 Å². The minimum atomic E-state index is -0.317. The number of hydrazone groups is 2. The second-order valence-electron chi connectivity index (χ2n) is 4.40. The van der Waals surface area contributed by atoms with Crippen LogP contribution >= 0.6 is 0 Å². The zero-order valence-corrected chi connectivity index (χ0v) is 11.0. The third-order valence-electron chi connectivity index (χ3n) is 2.91. The molecule has 0 aromatic carbocycles. The molecule has 1 aliphatic heterocycles. The quantitative estimate of drug-likeness (QED) is 0.601. The molecule has 2 heterocycles. The number of pyridine rings is 1. The average Bonchev–Trinajstić information content (AvgIpc) is 2.77. The van der Waals surface area contributed by atoms with E-state index in [9.17, 15) is 9.59 Å². The molecule has 2 amide bonds. The maximum atomic E-state index is 11.6. The van der Waals surface area contributed by atoms with Crippen LogP contribution in [0.25, 0.3) is 0 Å². The van der Waals surface area contributed by atoms with E-state index in [2.05, 4.69) is 26.0 Å². The van der Waals surface area contributed by atoms with E-state index >= 15 is 0 Å². The Hall–Kier alpha value is -2.57. The molecule has 0 bridgehead atoms. The molecule has 0 fully saturated rings. The second kappa shape index (κ2) is 6.55. The minimum absolute atomic E-state index is 0.158. The lowest BCUT2D eigenvalue weighted by Gasteiger charge is -2.06. The third kappa shape index (κ3) is 3.71. The first-order valence-electron chi connectivity index (χ1n) is 6.23. The van der Waals surface area contributed by atoms with Gasteiger partial charge in [-0.25, -0.2) is 10.9 Å². The molecule has 104 valence electrons. The Bertz CT molecular complexity index is 553. The Morgan fingerprint density at radius 2 is 2.45 bits per heavy atom. The number of hydrogen-bond acceptors (Lipinski definition) is 5. The van der Waals surface area contributed by atoms with Gasteiger partial charge < -0.3 is 0 Å². The van der Waals surface area contributed by atoms with Crippen LogP contribution in [0.5, 0.6) is 0 Å². The van der Waals surface area contributed by atoms with Crippen molar-refractivity contribution in [3.63, 3.8) is 0 Å². The van der Waals surface area contributed by atoms with Gasteiger partial charge in [0.1, 0.15) is 0 Å². The van der Waals surface area contributed by atoms with E-state index in [1.807, 2.05) is 6.07 Å². The number of hydrogen-bond donors (Lipinski definition) is 2. The summed E-state index contributed by atoms with van der Waals surface area (Å²) in [6.45, 7) is 1.76. The van der Waals surface area contributed by atoms with Crippen LogP contribution in [0.15, 0.2) is 34.7 Å². The van der Waals surface area contributed by atoms with Gasteiger partial charge >= 0.3 is 0 Å². The van der Waals surface area contributed by atoms with Crippen LogP contribution in [0.2, 0.25) is 0 Å². The van der Waals surface area contributed by atoms with E-state index in [-0.39, 0.29) is 24.2 Å². The van der Waals surface area contributed by atoms with Crippen molar-refractivity contribution < 1.29 is 9.59 Å². The van der Waals surface area contributed by atoms with Crippen LogP contribution in [0.4, 0.5) is 0 Å². The summed E-state index contributed by atoms with van der Waals surface area (Å²) in [6.07, 6.45) is 5.45. The maximum Gasteiger partial charge on any atom is 0.248 e. The largest absolute Gasteiger partial charge is 0.273 e. The van der Waals surface area contributed by atoms with Crippen LogP contribution in [0, 0.1) is 5.92 Å². The second-order valence-corrected chi connectivity index (χ2v) is 4.40. The van der Waals surface area contributed by atoms with Crippen LogP contribution in [0.3, 0.4) is 0 Å². The van der Waals surface area contributed by atoms with Gasteiger partial charge in [0.25, 0.3) is 0 Å². The number of amides is 2. The summed E-state index contributed by atoms with van der Waals surface area (Å²) >= 11 is 0. The summed E-state index contributed by atoms with van der Waals surface area (Å²) in [4.78, 5) is 26.9. The van der Waals surface area contributed by atoms with Gasteiger partial charge in [0, 0.05) is 30.1 Å². The van der Waals surface area contributed by atoms with Crippen molar-refractivity contribution in [2.45, 2.75) is 19.8 Å². The Balaban J connectivity index is 1.75. The molecular weight excluding hydrogens is 258 g/mol. The lowest BCUT2D eigenvalue weighted by Crippen LogP contribution is -2.25.